The third-order valence-electron chi connectivity index (χ3n) is 6.10. The Morgan fingerprint density at radius 3 is 2.69 bits per heavy atom. The van der Waals surface area contributed by atoms with E-state index < -0.39 is 11.7 Å². The van der Waals surface area contributed by atoms with Crippen molar-refractivity contribution in [3.05, 3.63) is 46.1 Å². The smallest absolute Gasteiger partial charge is 0.254 e. The maximum atomic E-state index is 12.3. The molecule has 0 fully saturated rings. The van der Waals surface area contributed by atoms with E-state index in [1.807, 2.05) is 6.92 Å². The summed E-state index contributed by atoms with van der Waals surface area (Å²) in [5, 5.41) is 21.2. The van der Waals surface area contributed by atoms with Gasteiger partial charge in [0, 0.05) is 24.6 Å². The zero-order valence-corrected chi connectivity index (χ0v) is 18.2. The summed E-state index contributed by atoms with van der Waals surface area (Å²) in [4.78, 5) is 14.0. The summed E-state index contributed by atoms with van der Waals surface area (Å²) in [6.07, 6.45) is 7.63. The van der Waals surface area contributed by atoms with Crippen molar-refractivity contribution in [2.24, 2.45) is 0 Å². The van der Waals surface area contributed by atoms with Crippen LogP contribution in [0.3, 0.4) is 0 Å². The fraction of sp³-hybridized carbons (Fsp3) is 0.542. The molecule has 0 radical (unpaired) electrons. The third kappa shape index (κ3) is 4.35. The first kappa shape index (κ1) is 21.4. The van der Waals surface area contributed by atoms with Gasteiger partial charge in [0.25, 0.3) is 5.91 Å². The number of nitrogens with zero attached hydrogens (tertiary/aromatic N) is 1. The molecule has 0 aliphatic carbocycles. The number of aliphatic hydroxyl groups is 1. The number of hydrogen-bond donors (Lipinski definition) is 2. The van der Waals surface area contributed by atoms with Crippen molar-refractivity contribution in [3.63, 3.8) is 0 Å². The van der Waals surface area contributed by atoms with Crippen molar-refractivity contribution in [1.29, 1.82) is 0 Å². The molecule has 2 aliphatic rings. The van der Waals surface area contributed by atoms with Crippen LogP contribution in [0.4, 0.5) is 0 Å². The average molecular weight is 400 g/mol. The first-order valence-electron chi connectivity index (χ1n) is 10.4. The molecule has 5 heteroatoms. The lowest BCUT2D eigenvalue weighted by Crippen LogP contribution is -2.49. The van der Waals surface area contributed by atoms with Gasteiger partial charge in [0.05, 0.1) is 18.2 Å². The predicted molar refractivity (Wildman–Crippen MR) is 114 cm³/mol. The zero-order valence-electron chi connectivity index (χ0n) is 18.2. The molecule has 0 bridgehead atoms. The molecular formula is C24H33NO4. The van der Waals surface area contributed by atoms with Gasteiger partial charge in [0.15, 0.2) is 0 Å². The largest absolute Gasteiger partial charge is 0.508 e. The summed E-state index contributed by atoms with van der Waals surface area (Å²) in [7, 11) is 1.74. The summed E-state index contributed by atoms with van der Waals surface area (Å²) in [5.74, 6) is 0.498. The van der Waals surface area contributed by atoms with Crippen molar-refractivity contribution in [2.45, 2.75) is 78.0 Å². The molecule has 1 aromatic rings. The summed E-state index contributed by atoms with van der Waals surface area (Å²) in [6, 6.07) is 1.51. The van der Waals surface area contributed by atoms with Crippen LogP contribution in [0.2, 0.25) is 0 Å². The number of rotatable bonds is 6. The van der Waals surface area contributed by atoms with Gasteiger partial charge in [-0.05, 0) is 59.4 Å². The Hall–Kier alpha value is -2.27. The van der Waals surface area contributed by atoms with E-state index in [-0.39, 0.29) is 11.7 Å². The Kier molecular flexibility index (Phi) is 6.08. The molecule has 0 saturated carbocycles. The molecule has 2 heterocycles. The van der Waals surface area contributed by atoms with Crippen LogP contribution in [0.5, 0.6) is 11.5 Å². The number of aromatic hydroxyl groups is 1. The molecule has 5 nitrogen and oxygen atoms in total. The van der Waals surface area contributed by atoms with Crippen LogP contribution in [0.15, 0.2) is 29.4 Å². The Morgan fingerprint density at radius 2 is 2.00 bits per heavy atom. The summed E-state index contributed by atoms with van der Waals surface area (Å²) >= 11 is 0. The summed E-state index contributed by atoms with van der Waals surface area (Å²) < 4.78 is 6.32. The number of allylic oxidation sites excluding steroid dienone is 4. The van der Waals surface area contributed by atoms with E-state index in [2.05, 4.69) is 32.9 Å². The molecule has 2 aliphatic heterocycles. The number of phenols is 1. The van der Waals surface area contributed by atoms with Crippen LogP contribution in [-0.2, 0) is 13.0 Å². The molecule has 3 rings (SSSR count). The van der Waals surface area contributed by atoms with Gasteiger partial charge >= 0.3 is 0 Å². The molecule has 2 atom stereocenters. The van der Waals surface area contributed by atoms with E-state index in [9.17, 15) is 15.0 Å². The molecular weight excluding hydrogens is 366 g/mol. The lowest BCUT2D eigenvalue weighted by atomic mass is 9.84. The number of carbonyl (C=O) groups is 1. The minimum atomic E-state index is -0.755. The first-order valence-corrected chi connectivity index (χ1v) is 10.4. The van der Waals surface area contributed by atoms with E-state index in [0.717, 1.165) is 24.8 Å². The molecule has 29 heavy (non-hydrogen) atoms. The molecule has 2 N–H and O–H groups in total. The van der Waals surface area contributed by atoms with Gasteiger partial charge in [-0.25, -0.2) is 0 Å². The monoisotopic (exact) mass is 399 g/mol. The fourth-order valence-corrected chi connectivity index (χ4v) is 4.14. The Bertz CT molecular complexity index is 866. The molecule has 0 aromatic heterocycles. The van der Waals surface area contributed by atoms with E-state index in [1.54, 1.807) is 11.9 Å². The van der Waals surface area contributed by atoms with Crippen LogP contribution in [-0.4, -0.2) is 39.8 Å². The van der Waals surface area contributed by atoms with Crippen molar-refractivity contribution < 1.29 is 19.7 Å². The number of hydrogen-bond acceptors (Lipinski definition) is 4. The SMILES string of the molecule is CC(C)=CCCC(C)=CCCC1(C)Oc2c(c(O)cc3c2CN(C)C3=O)CC1O. The fourth-order valence-electron chi connectivity index (χ4n) is 4.14. The molecule has 0 spiro atoms. The highest BCUT2D eigenvalue weighted by molar-refractivity contribution is 5.99. The average Bonchev–Trinajstić information content (AvgIpc) is 2.91. The van der Waals surface area contributed by atoms with Gasteiger partial charge in [-0.1, -0.05) is 23.3 Å². The van der Waals surface area contributed by atoms with Crippen LogP contribution in [0.25, 0.3) is 0 Å². The molecule has 1 aromatic carbocycles. The van der Waals surface area contributed by atoms with Gasteiger partial charge in [0.2, 0.25) is 0 Å². The standard InChI is InChI=1S/C24H33NO4/c1-15(2)8-6-9-16(3)10-7-11-24(4)21(27)13-18-20(26)12-17-19(22(18)29-24)14-25(5)23(17)28/h8,10,12,21,26-27H,6-7,9,11,13-14H2,1-5H3. The van der Waals surface area contributed by atoms with Gasteiger partial charge < -0.3 is 19.8 Å². The molecule has 2 unspecified atom stereocenters. The minimum absolute atomic E-state index is 0.0264. The number of fused-ring (bicyclic) bond motifs is 3. The van der Waals surface area contributed by atoms with Crippen molar-refractivity contribution in [2.75, 3.05) is 7.05 Å². The second-order valence-corrected chi connectivity index (χ2v) is 8.93. The number of carbonyl (C=O) groups excluding carboxylic acids is 1. The minimum Gasteiger partial charge on any atom is -0.508 e. The highest BCUT2D eigenvalue weighted by atomic mass is 16.5. The number of ether oxygens (including phenoxy) is 1. The van der Waals surface area contributed by atoms with Gasteiger partial charge in [-0.3, -0.25) is 4.79 Å². The van der Waals surface area contributed by atoms with Crippen molar-refractivity contribution >= 4 is 5.91 Å². The van der Waals surface area contributed by atoms with Gasteiger partial charge in [-0.2, -0.15) is 0 Å². The lowest BCUT2D eigenvalue weighted by Gasteiger charge is -2.40. The van der Waals surface area contributed by atoms with Gasteiger partial charge in [0.1, 0.15) is 17.1 Å². The summed E-state index contributed by atoms with van der Waals surface area (Å²) in [6.45, 7) is 8.75. The second kappa shape index (κ2) is 8.23. The lowest BCUT2D eigenvalue weighted by molar-refractivity contribution is -0.0599. The predicted octanol–water partition coefficient (Wildman–Crippen LogP) is 4.51. The van der Waals surface area contributed by atoms with Crippen LogP contribution < -0.4 is 4.74 Å². The number of aliphatic hydroxyl groups excluding tert-OH is 1. The third-order valence-corrected chi connectivity index (χ3v) is 6.10. The Balaban J connectivity index is 1.76. The maximum absolute atomic E-state index is 12.3. The topological polar surface area (TPSA) is 70.0 Å². The quantitative estimate of drug-likeness (QED) is 0.691. The van der Waals surface area contributed by atoms with Crippen LogP contribution in [0, 0.1) is 0 Å². The van der Waals surface area contributed by atoms with Gasteiger partial charge in [-0.15, -0.1) is 0 Å². The highest BCUT2D eigenvalue weighted by Crippen LogP contribution is 2.46. The molecule has 0 saturated heterocycles. The Morgan fingerprint density at radius 1 is 1.28 bits per heavy atom. The highest BCUT2D eigenvalue weighted by Gasteiger charge is 2.43. The van der Waals surface area contributed by atoms with Crippen molar-refractivity contribution in [3.8, 4) is 11.5 Å². The first-order chi connectivity index (χ1) is 13.6. The number of phenolic OH excluding ortho intramolecular Hbond substituents is 1. The van der Waals surface area contributed by atoms with E-state index in [0.29, 0.717) is 36.3 Å². The number of amides is 1. The van der Waals surface area contributed by atoms with Crippen LogP contribution in [0.1, 0.15) is 74.9 Å². The second-order valence-electron chi connectivity index (χ2n) is 8.93. The Labute approximate surface area is 173 Å². The van der Waals surface area contributed by atoms with E-state index >= 15 is 0 Å². The van der Waals surface area contributed by atoms with Crippen molar-refractivity contribution in [1.82, 2.24) is 4.90 Å². The van der Waals surface area contributed by atoms with E-state index in [4.69, 9.17) is 4.74 Å². The summed E-state index contributed by atoms with van der Waals surface area (Å²) in [5.41, 5.74) is 3.83. The molecule has 1 amide bonds. The van der Waals surface area contributed by atoms with E-state index in [1.165, 1.54) is 17.2 Å². The van der Waals surface area contributed by atoms with Crippen LogP contribution >= 0.6 is 0 Å². The molecule has 158 valence electrons. The zero-order chi connectivity index (χ0) is 21.3. The maximum Gasteiger partial charge on any atom is 0.254 e. The normalized spacial score (nSPS) is 23.5. The number of benzene rings is 1.